The van der Waals surface area contributed by atoms with Crippen molar-refractivity contribution in [1.29, 1.82) is 0 Å². The van der Waals surface area contributed by atoms with Crippen molar-refractivity contribution in [2.75, 3.05) is 6.61 Å². The molecule has 0 aliphatic heterocycles. The molecule has 4 rings (SSSR count). The molecule has 7 unspecified atom stereocenters. The summed E-state index contributed by atoms with van der Waals surface area (Å²) in [5, 5.41) is 23.4. The van der Waals surface area contributed by atoms with Crippen LogP contribution in [0.2, 0.25) is 0 Å². The molecule has 226 valence electrons. The van der Waals surface area contributed by atoms with E-state index in [1.54, 1.807) is 13.0 Å². The van der Waals surface area contributed by atoms with Crippen molar-refractivity contribution in [3.8, 4) is 0 Å². The third-order valence-electron chi connectivity index (χ3n) is 10.5. The van der Waals surface area contributed by atoms with E-state index in [-0.39, 0.29) is 72.8 Å². The second-order valence-electron chi connectivity index (χ2n) is 13.5. The predicted molar refractivity (Wildman–Crippen MR) is 146 cm³/mol. The minimum atomic E-state index is -1.82. The Bertz CT molecular complexity index is 1170. The molecule has 7 atom stereocenters. The molecule has 3 saturated carbocycles. The molecular formula is C31H43NO9. The summed E-state index contributed by atoms with van der Waals surface area (Å²) < 4.78 is 5.13. The third kappa shape index (κ3) is 5.64. The van der Waals surface area contributed by atoms with Gasteiger partial charge in [-0.05, 0) is 67.8 Å². The Morgan fingerprint density at radius 1 is 1.07 bits per heavy atom. The molecule has 41 heavy (non-hydrogen) atoms. The molecule has 10 heteroatoms. The van der Waals surface area contributed by atoms with E-state index >= 15 is 0 Å². The molecule has 0 aromatic carbocycles. The first-order chi connectivity index (χ1) is 19.1. The summed E-state index contributed by atoms with van der Waals surface area (Å²) in [6.45, 7) is 6.89. The molecule has 0 heterocycles. The number of nitrogens with one attached hydrogen (secondary N) is 1. The van der Waals surface area contributed by atoms with Crippen molar-refractivity contribution in [2.24, 2.45) is 34.5 Å². The molecule has 0 aromatic rings. The first-order valence-electron chi connectivity index (χ1n) is 14.8. The number of ether oxygens (including phenoxy) is 1. The van der Waals surface area contributed by atoms with Crippen LogP contribution in [0.1, 0.15) is 91.9 Å². The zero-order valence-electron chi connectivity index (χ0n) is 24.5. The van der Waals surface area contributed by atoms with Gasteiger partial charge < -0.3 is 20.3 Å². The van der Waals surface area contributed by atoms with Gasteiger partial charge in [0.05, 0.1) is 6.42 Å². The third-order valence-corrected chi connectivity index (χ3v) is 10.5. The second-order valence-corrected chi connectivity index (χ2v) is 13.5. The second kappa shape index (κ2) is 11.4. The fourth-order valence-corrected chi connectivity index (χ4v) is 8.36. The lowest BCUT2D eigenvalue weighted by atomic mass is 9.46. The maximum absolute atomic E-state index is 13.7. The van der Waals surface area contributed by atoms with E-state index in [1.807, 2.05) is 13.8 Å². The highest BCUT2D eigenvalue weighted by atomic mass is 16.5. The quantitative estimate of drug-likeness (QED) is 0.333. The standard InChI is InChI=1S/C31H43NO9/c1-17(2)13-22(28(38)39)32-25(36)7-8-26(37)41-16-24(35)31(40)12-10-21-20-6-5-18-14-19(33)9-11-29(18,3)27(20)23(34)15-30(21,31)4/h14,17,20-22,27,40H,5-13,15-16H2,1-4H3,(H,32,36)(H,38,39). The first kappa shape index (κ1) is 31.1. The highest BCUT2D eigenvalue weighted by Crippen LogP contribution is 2.66. The van der Waals surface area contributed by atoms with E-state index in [1.165, 1.54) is 0 Å². The molecule has 0 bridgehead atoms. The Hall–Kier alpha value is -2.88. The van der Waals surface area contributed by atoms with Crippen LogP contribution >= 0.6 is 0 Å². The fourth-order valence-electron chi connectivity index (χ4n) is 8.36. The highest BCUT2D eigenvalue weighted by Gasteiger charge is 2.68. The Morgan fingerprint density at radius 2 is 1.78 bits per heavy atom. The number of hydrogen-bond donors (Lipinski definition) is 3. The van der Waals surface area contributed by atoms with Gasteiger partial charge >= 0.3 is 11.9 Å². The lowest BCUT2D eigenvalue weighted by Crippen LogP contribution is -2.61. The monoisotopic (exact) mass is 573 g/mol. The van der Waals surface area contributed by atoms with Crippen LogP contribution in [0.5, 0.6) is 0 Å². The smallest absolute Gasteiger partial charge is 0.326 e. The van der Waals surface area contributed by atoms with E-state index in [2.05, 4.69) is 12.2 Å². The van der Waals surface area contributed by atoms with Gasteiger partial charge in [0.15, 0.2) is 12.4 Å². The maximum Gasteiger partial charge on any atom is 0.326 e. The van der Waals surface area contributed by atoms with Crippen molar-refractivity contribution >= 4 is 35.2 Å². The Balaban J connectivity index is 1.36. The van der Waals surface area contributed by atoms with Crippen LogP contribution in [0.25, 0.3) is 0 Å². The number of ketones is 3. The summed E-state index contributed by atoms with van der Waals surface area (Å²) in [6, 6.07) is -1.06. The minimum absolute atomic E-state index is 0.00446. The number of rotatable bonds is 10. The number of carbonyl (C=O) groups excluding carboxylic acids is 5. The highest BCUT2D eigenvalue weighted by molar-refractivity contribution is 5.95. The molecule has 4 aliphatic rings. The maximum atomic E-state index is 13.7. The summed E-state index contributed by atoms with van der Waals surface area (Å²) in [7, 11) is 0. The Morgan fingerprint density at radius 3 is 2.44 bits per heavy atom. The molecule has 0 spiro atoms. The number of carboxylic acids is 1. The van der Waals surface area contributed by atoms with E-state index in [0.717, 1.165) is 18.4 Å². The van der Waals surface area contributed by atoms with Crippen LogP contribution in [-0.2, 0) is 33.5 Å². The number of allylic oxidation sites excluding steroid dienone is 1. The lowest BCUT2D eigenvalue weighted by molar-refractivity contribution is -0.173. The number of hydrogen-bond acceptors (Lipinski definition) is 8. The molecule has 10 nitrogen and oxygen atoms in total. The van der Waals surface area contributed by atoms with Gasteiger partial charge in [0.2, 0.25) is 11.7 Å². The van der Waals surface area contributed by atoms with Gasteiger partial charge in [0.1, 0.15) is 17.4 Å². The summed E-state index contributed by atoms with van der Waals surface area (Å²) in [5.41, 5.74) is -2.13. The number of amides is 1. The van der Waals surface area contributed by atoms with Crippen molar-refractivity contribution in [3.05, 3.63) is 11.6 Å². The molecule has 4 aliphatic carbocycles. The SMILES string of the molecule is CC(C)CC(NC(=O)CCC(=O)OCC(=O)C1(O)CCC2C3CCC4=CC(=O)CCC4(C)C3C(=O)CC21C)C(=O)O. The predicted octanol–water partition coefficient (Wildman–Crippen LogP) is 2.94. The summed E-state index contributed by atoms with van der Waals surface area (Å²) in [4.78, 5) is 75.0. The molecule has 0 aromatic heterocycles. The molecule has 3 fully saturated rings. The van der Waals surface area contributed by atoms with Gasteiger partial charge in [-0.15, -0.1) is 0 Å². The van der Waals surface area contributed by atoms with Gasteiger partial charge in [-0.1, -0.05) is 33.3 Å². The number of carbonyl (C=O) groups is 6. The van der Waals surface area contributed by atoms with Gasteiger partial charge in [-0.3, -0.25) is 24.0 Å². The van der Waals surface area contributed by atoms with E-state index in [4.69, 9.17) is 4.74 Å². The molecule has 1 amide bonds. The average Bonchev–Trinajstić information content (AvgIpc) is 3.16. The average molecular weight is 574 g/mol. The van der Waals surface area contributed by atoms with Crippen molar-refractivity contribution < 1.29 is 43.7 Å². The van der Waals surface area contributed by atoms with Gasteiger partial charge in [-0.25, -0.2) is 4.79 Å². The Kier molecular flexibility index (Phi) is 8.65. The lowest BCUT2D eigenvalue weighted by Gasteiger charge is -2.57. The van der Waals surface area contributed by atoms with E-state index < -0.39 is 47.3 Å². The number of carboxylic acid groups (broad SMARTS) is 1. The largest absolute Gasteiger partial charge is 0.480 e. The summed E-state index contributed by atoms with van der Waals surface area (Å²) in [6.07, 6.45) is 4.66. The van der Waals surface area contributed by atoms with E-state index in [9.17, 15) is 39.0 Å². The summed E-state index contributed by atoms with van der Waals surface area (Å²) >= 11 is 0. The minimum Gasteiger partial charge on any atom is -0.480 e. The van der Waals surface area contributed by atoms with Crippen LogP contribution in [0.4, 0.5) is 0 Å². The number of aliphatic hydroxyl groups is 1. The molecule has 3 N–H and O–H groups in total. The number of fused-ring (bicyclic) bond motifs is 5. The van der Waals surface area contributed by atoms with E-state index in [0.29, 0.717) is 19.3 Å². The number of Topliss-reactive ketones (excluding diaryl/α,β-unsaturated/α-hetero) is 2. The first-order valence-corrected chi connectivity index (χ1v) is 14.8. The zero-order chi connectivity index (χ0) is 30.3. The van der Waals surface area contributed by atoms with Gasteiger partial charge in [0.25, 0.3) is 0 Å². The van der Waals surface area contributed by atoms with Crippen LogP contribution in [0.15, 0.2) is 11.6 Å². The topological polar surface area (TPSA) is 164 Å². The van der Waals surface area contributed by atoms with Crippen LogP contribution in [-0.4, -0.2) is 63.7 Å². The zero-order valence-corrected chi connectivity index (χ0v) is 24.5. The van der Waals surface area contributed by atoms with Crippen molar-refractivity contribution in [2.45, 2.75) is 104 Å². The van der Waals surface area contributed by atoms with Crippen LogP contribution in [0.3, 0.4) is 0 Å². The molecule has 0 saturated heterocycles. The number of esters is 1. The summed E-state index contributed by atoms with van der Waals surface area (Å²) in [5.74, 6) is -3.34. The van der Waals surface area contributed by atoms with Crippen LogP contribution < -0.4 is 5.32 Å². The van der Waals surface area contributed by atoms with Crippen molar-refractivity contribution in [1.82, 2.24) is 5.32 Å². The molecule has 0 radical (unpaired) electrons. The van der Waals surface area contributed by atoms with Gasteiger partial charge in [0, 0.05) is 30.6 Å². The molecular weight excluding hydrogens is 530 g/mol. The number of aliphatic carboxylic acids is 1. The fraction of sp³-hybridized carbons (Fsp3) is 0.742. The van der Waals surface area contributed by atoms with Gasteiger partial charge in [-0.2, -0.15) is 0 Å². The Labute approximate surface area is 240 Å². The van der Waals surface area contributed by atoms with Crippen molar-refractivity contribution in [3.63, 3.8) is 0 Å². The normalized spacial score (nSPS) is 35.1. The van der Waals surface area contributed by atoms with Crippen LogP contribution in [0, 0.1) is 34.5 Å².